The van der Waals surface area contributed by atoms with Crippen molar-refractivity contribution in [1.29, 1.82) is 0 Å². The summed E-state index contributed by atoms with van der Waals surface area (Å²) in [5.74, 6) is 5.08. The van der Waals surface area contributed by atoms with Crippen molar-refractivity contribution in [3.05, 3.63) is 59.2 Å². The quantitative estimate of drug-likeness (QED) is 0.423. The first-order chi connectivity index (χ1) is 10.8. The van der Waals surface area contributed by atoms with Gasteiger partial charge in [-0.1, -0.05) is 36.4 Å². The molecule has 0 spiro atoms. The van der Waals surface area contributed by atoms with Crippen LogP contribution in [0, 0.1) is 23.7 Å². The summed E-state index contributed by atoms with van der Waals surface area (Å²) in [6, 6.07) is 10.9. The van der Waals surface area contributed by atoms with Crippen molar-refractivity contribution in [2.45, 2.75) is 24.7 Å². The number of hydrogen-bond acceptors (Lipinski definition) is 1. The van der Waals surface area contributed by atoms with Crippen LogP contribution in [0.2, 0.25) is 0 Å². The topological polar surface area (TPSA) is 17.1 Å². The van der Waals surface area contributed by atoms with Gasteiger partial charge < -0.3 is 0 Å². The molecule has 2 saturated carbocycles. The molecule has 4 aliphatic rings. The van der Waals surface area contributed by atoms with E-state index in [1.54, 1.807) is 11.1 Å². The van der Waals surface area contributed by atoms with Gasteiger partial charge in [-0.15, -0.1) is 0 Å². The lowest BCUT2D eigenvalue weighted by Crippen LogP contribution is -2.25. The summed E-state index contributed by atoms with van der Waals surface area (Å²) in [7, 11) is 0. The van der Waals surface area contributed by atoms with Gasteiger partial charge in [-0.3, -0.25) is 4.79 Å². The second-order valence-electron chi connectivity index (χ2n) is 7.76. The summed E-state index contributed by atoms with van der Waals surface area (Å²) in [6.45, 7) is 0. The number of carbonyl (C=O) groups is 1. The molecule has 2 fully saturated rings. The van der Waals surface area contributed by atoms with Gasteiger partial charge in [0.15, 0.2) is 0 Å². The highest BCUT2D eigenvalue weighted by Gasteiger charge is 2.59. The first-order valence-corrected chi connectivity index (χ1v) is 8.54. The second kappa shape index (κ2) is 3.71. The summed E-state index contributed by atoms with van der Waals surface area (Å²) in [4.78, 5) is 11.0. The molecule has 2 aromatic carbocycles. The van der Waals surface area contributed by atoms with E-state index in [9.17, 15) is 4.79 Å². The molecule has 0 heterocycles. The van der Waals surface area contributed by atoms with E-state index in [1.807, 2.05) is 12.1 Å². The molecule has 0 saturated heterocycles. The number of benzene rings is 2. The van der Waals surface area contributed by atoms with Crippen molar-refractivity contribution in [3.8, 4) is 0 Å². The van der Waals surface area contributed by atoms with Crippen LogP contribution >= 0.6 is 0 Å². The SMILES string of the molecule is O=Cc1ccc2cc3c(cc2c1)C1CC3C2C3C=CC(C3)C12. The van der Waals surface area contributed by atoms with Gasteiger partial charge >= 0.3 is 0 Å². The van der Waals surface area contributed by atoms with E-state index in [4.69, 9.17) is 0 Å². The van der Waals surface area contributed by atoms with Crippen LogP contribution < -0.4 is 0 Å². The van der Waals surface area contributed by atoms with E-state index in [1.165, 1.54) is 23.6 Å². The van der Waals surface area contributed by atoms with Crippen LogP contribution in [0.25, 0.3) is 10.8 Å². The second-order valence-corrected chi connectivity index (χ2v) is 7.76. The lowest BCUT2D eigenvalue weighted by molar-refractivity contribution is 0.112. The van der Waals surface area contributed by atoms with Crippen molar-refractivity contribution in [2.75, 3.05) is 0 Å². The molecule has 0 aromatic heterocycles. The van der Waals surface area contributed by atoms with E-state index in [2.05, 4.69) is 30.4 Å². The Bertz CT molecular complexity index is 862. The highest BCUT2D eigenvalue weighted by molar-refractivity contribution is 5.90. The van der Waals surface area contributed by atoms with Gasteiger partial charge in [0.05, 0.1) is 0 Å². The zero-order chi connectivity index (χ0) is 14.4. The van der Waals surface area contributed by atoms with Crippen molar-refractivity contribution in [3.63, 3.8) is 0 Å². The number of allylic oxidation sites excluding steroid dienone is 2. The molecule has 4 bridgehead atoms. The Labute approximate surface area is 130 Å². The molecule has 0 N–H and O–H groups in total. The van der Waals surface area contributed by atoms with Crippen molar-refractivity contribution < 1.29 is 4.79 Å². The van der Waals surface area contributed by atoms with Crippen LogP contribution in [-0.4, -0.2) is 6.29 Å². The fraction of sp³-hybridized carbons (Fsp3) is 0.381. The molecule has 0 aliphatic heterocycles. The van der Waals surface area contributed by atoms with Crippen molar-refractivity contribution in [1.82, 2.24) is 0 Å². The third-order valence-electron chi connectivity index (χ3n) is 7.02. The normalized spacial score (nSPS) is 39.5. The summed E-state index contributed by atoms with van der Waals surface area (Å²) < 4.78 is 0. The Morgan fingerprint density at radius 1 is 0.818 bits per heavy atom. The molecule has 1 heteroatoms. The fourth-order valence-electron chi connectivity index (χ4n) is 6.36. The summed E-state index contributed by atoms with van der Waals surface area (Å²) in [5.41, 5.74) is 4.01. The molecule has 108 valence electrons. The minimum atomic E-state index is 0.772. The molecule has 0 radical (unpaired) electrons. The summed E-state index contributed by atoms with van der Waals surface area (Å²) >= 11 is 0. The highest BCUT2D eigenvalue weighted by Crippen LogP contribution is 2.69. The van der Waals surface area contributed by atoms with Gasteiger partial charge in [0.25, 0.3) is 0 Å². The predicted octanol–water partition coefficient (Wildman–Crippen LogP) is 4.68. The Balaban J connectivity index is 1.56. The molecular formula is C21H18O. The molecule has 6 unspecified atom stereocenters. The summed E-state index contributed by atoms with van der Waals surface area (Å²) in [6.07, 6.45) is 8.73. The average Bonchev–Trinajstić information content (AvgIpc) is 3.29. The third-order valence-corrected chi connectivity index (χ3v) is 7.02. The van der Waals surface area contributed by atoms with Crippen LogP contribution in [0.4, 0.5) is 0 Å². The van der Waals surface area contributed by atoms with Crippen LogP contribution in [0.1, 0.15) is 46.2 Å². The fourth-order valence-corrected chi connectivity index (χ4v) is 6.36. The monoisotopic (exact) mass is 286 g/mol. The first-order valence-electron chi connectivity index (χ1n) is 8.54. The zero-order valence-electron chi connectivity index (χ0n) is 12.4. The first kappa shape index (κ1) is 11.6. The lowest BCUT2D eigenvalue weighted by atomic mass is 9.70. The van der Waals surface area contributed by atoms with Crippen molar-refractivity contribution >= 4 is 17.1 Å². The van der Waals surface area contributed by atoms with Gasteiger partial charge in [0, 0.05) is 5.56 Å². The zero-order valence-corrected chi connectivity index (χ0v) is 12.4. The Kier molecular flexibility index (Phi) is 1.96. The Morgan fingerprint density at radius 3 is 2.18 bits per heavy atom. The third kappa shape index (κ3) is 1.21. The van der Waals surface area contributed by atoms with Gasteiger partial charge in [-0.05, 0) is 76.3 Å². The molecule has 1 nitrogen and oxygen atoms in total. The van der Waals surface area contributed by atoms with E-state index < -0.39 is 0 Å². The molecule has 6 rings (SSSR count). The van der Waals surface area contributed by atoms with Crippen LogP contribution in [0.5, 0.6) is 0 Å². The van der Waals surface area contributed by atoms with Crippen LogP contribution in [0.15, 0.2) is 42.5 Å². The van der Waals surface area contributed by atoms with Gasteiger partial charge in [-0.25, -0.2) is 0 Å². The summed E-state index contributed by atoms with van der Waals surface area (Å²) in [5, 5.41) is 2.54. The largest absolute Gasteiger partial charge is 0.298 e. The van der Waals surface area contributed by atoms with Gasteiger partial charge in [0.1, 0.15) is 6.29 Å². The molecule has 22 heavy (non-hydrogen) atoms. The van der Waals surface area contributed by atoms with E-state index in [-0.39, 0.29) is 0 Å². The number of rotatable bonds is 1. The number of hydrogen-bond donors (Lipinski definition) is 0. The minimum absolute atomic E-state index is 0.772. The van der Waals surface area contributed by atoms with Crippen LogP contribution in [0.3, 0.4) is 0 Å². The van der Waals surface area contributed by atoms with E-state index in [0.29, 0.717) is 0 Å². The predicted molar refractivity (Wildman–Crippen MR) is 87.2 cm³/mol. The number of fused-ring (bicyclic) bond motifs is 13. The van der Waals surface area contributed by atoms with Gasteiger partial charge in [-0.2, -0.15) is 0 Å². The maximum atomic E-state index is 11.0. The highest BCUT2D eigenvalue weighted by atomic mass is 16.1. The van der Waals surface area contributed by atoms with E-state index in [0.717, 1.165) is 47.4 Å². The van der Waals surface area contributed by atoms with Gasteiger partial charge in [0.2, 0.25) is 0 Å². The molecule has 4 aliphatic carbocycles. The maximum Gasteiger partial charge on any atom is 0.150 e. The molecular weight excluding hydrogens is 268 g/mol. The smallest absolute Gasteiger partial charge is 0.150 e. The van der Waals surface area contributed by atoms with Crippen molar-refractivity contribution in [2.24, 2.45) is 23.7 Å². The standard InChI is InChI=1S/C21H18O/c22-10-11-1-2-12-7-16-17(8-15(12)5-11)19-9-18(16)20-13-3-4-14(6-13)21(19)20/h1-5,7-8,10,13-14,18-21H,6,9H2. The Hall–Kier alpha value is -1.89. The lowest BCUT2D eigenvalue weighted by Gasteiger charge is -2.33. The minimum Gasteiger partial charge on any atom is -0.298 e. The molecule has 6 atom stereocenters. The molecule has 0 amide bonds. The number of aldehydes is 1. The average molecular weight is 286 g/mol. The molecule has 2 aromatic rings. The van der Waals surface area contributed by atoms with E-state index >= 15 is 0 Å². The maximum absolute atomic E-state index is 11.0. The number of carbonyl (C=O) groups excluding carboxylic acids is 1. The Morgan fingerprint density at radius 2 is 1.50 bits per heavy atom. The van der Waals surface area contributed by atoms with Crippen LogP contribution in [-0.2, 0) is 0 Å².